The molecule has 0 aliphatic rings. The van der Waals surface area contributed by atoms with Crippen LogP contribution < -0.4 is 10.2 Å². The number of methoxy groups -OCH3 is 1. The summed E-state index contributed by atoms with van der Waals surface area (Å²) in [5.41, 5.74) is 1.78. The number of nitrogens with one attached hydrogen (secondary N) is 1. The topological polar surface area (TPSA) is 84.4 Å². The number of benzene rings is 2. The van der Waals surface area contributed by atoms with E-state index >= 15 is 0 Å². The predicted octanol–water partition coefficient (Wildman–Crippen LogP) is 3.67. The summed E-state index contributed by atoms with van der Waals surface area (Å²) in [6.45, 7) is 2.68. The fourth-order valence-corrected chi connectivity index (χ4v) is 2.77. The number of amides is 1. The fourth-order valence-electron chi connectivity index (χ4n) is 2.77. The molecule has 0 spiro atoms. The first kappa shape index (κ1) is 19.0. The number of aromatic nitrogens is 2. The number of anilines is 3. The van der Waals surface area contributed by atoms with Gasteiger partial charge in [-0.1, -0.05) is 30.3 Å². The summed E-state index contributed by atoms with van der Waals surface area (Å²) < 4.78 is 4.76. The van der Waals surface area contributed by atoms with E-state index in [2.05, 4.69) is 15.3 Å². The summed E-state index contributed by atoms with van der Waals surface area (Å²) in [6, 6.07) is 18.0. The Kier molecular flexibility index (Phi) is 5.96. The van der Waals surface area contributed by atoms with Crippen molar-refractivity contribution in [3.05, 3.63) is 78.2 Å². The lowest BCUT2D eigenvalue weighted by Crippen LogP contribution is -2.20. The Labute approximate surface area is 163 Å². The van der Waals surface area contributed by atoms with Crippen LogP contribution in [0.3, 0.4) is 0 Å². The van der Waals surface area contributed by atoms with Gasteiger partial charge in [0.05, 0.1) is 18.4 Å². The largest absolute Gasteiger partial charge is 0.465 e. The molecule has 7 heteroatoms. The van der Waals surface area contributed by atoms with E-state index in [4.69, 9.17) is 4.74 Å². The van der Waals surface area contributed by atoms with Crippen molar-refractivity contribution < 1.29 is 14.3 Å². The van der Waals surface area contributed by atoms with Crippen LogP contribution in [0.25, 0.3) is 0 Å². The van der Waals surface area contributed by atoms with E-state index in [0.29, 0.717) is 18.1 Å². The van der Waals surface area contributed by atoms with Gasteiger partial charge in [0.2, 0.25) is 0 Å². The molecule has 0 aliphatic carbocycles. The van der Waals surface area contributed by atoms with Crippen LogP contribution >= 0.6 is 0 Å². The third kappa shape index (κ3) is 4.15. The number of carbonyl (C=O) groups is 2. The quantitative estimate of drug-likeness (QED) is 0.661. The van der Waals surface area contributed by atoms with Crippen LogP contribution in [0.2, 0.25) is 0 Å². The summed E-state index contributed by atoms with van der Waals surface area (Å²) in [5, 5.41) is 2.72. The van der Waals surface area contributed by atoms with Gasteiger partial charge in [-0.25, -0.2) is 14.8 Å². The first-order valence-corrected chi connectivity index (χ1v) is 8.77. The third-order valence-corrected chi connectivity index (χ3v) is 4.13. The molecular formula is C21H20N4O3. The maximum atomic E-state index is 12.7. The predicted molar refractivity (Wildman–Crippen MR) is 107 cm³/mol. The molecule has 0 fully saturated rings. The number of ether oxygens (including phenoxy) is 1. The van der Waals surface area contributed by atoms with Crippen molar-refractivity contribution in [1.82, 2.24) is 9.97 Å². The second-order valence-corrected chi connectivity index (χ2v) is 5.83. The fraction of sp³-hybridized carbons (Fsp3) is 0.143. The highest BCUT2D eigenvalue weighted by Gasteiger charge is 2.17. The molecule has 0 radical (unpaired) electrons. The van der Waals surface area contributed by atoms with E-state index in [1.165, 1.54) is 13.4 Å². The Hall–Kier alpha value is -3.74. The highest BCUT2D eigenvalue weighted by atomic mass is 16.5. The summed E-state index contributed by atoms with van der Waals surface area (Å²) >= 11 is 0. The van der Waals surface area contributed by atoms with E-state index in [9.17, 15) is 9.59 Å². The van der Waals surface area contributed by atoms with Crippen molar-refractivity contribution in [2.45, 2.75) is 6.92 Å². The molecule has 0 aliphatic heterocycles. The maximum Gasteiger partial charge on any atom is 0.339 e. The van der Waals surface area contributed by atoms with E-state index in [1.54, 1.807) is 30.3 Å². The van der Waals surface area contributed by atoms with E-state index in [0.717, 1.165) is 5.69 Å². The van der Waals surface area contributed by atoms with Crippen LogP contribution in [-0.2, 0) is 4.74 Å². The molecule has 0 saturated carbocycles. The molecule has 2 aromatic carbocycles. The second-order valence-electron chi connectivity index (χ2n) is 5.83. The van der Waals surface area contributed by atoms with Crippen molar-refractivity contribution in [1.29, 1.82) is 0 Å². The summed E-state index contributed by atoms with van der Waals surface area (Å²) in [6.07, 6.45) is 1.35. The zero-order valence-corrected chi connectivity index (χ0v) is 15.6. The molecular weight excluding hydrogens is 356 g/mol. The van der Waals surface area contributed by atoms with Crippen LogP contribution in [0.1, 0.15) is 27.8 Å². The Morgan fingerprint density at radius 1 is 1.04 bits per heavy atom. The molecule has 28 heavy (non-hydrogen) atoms. The lowest BCUT2D eigenvalue weighted by atomic mass is 10.1. The number of carbonyl (C=O) groups excluding carboxylic acids is 2. The summed E-state index contributed by atoms with van der Waals surface area (Å²) in [7, 11) is 1.29. The lowest BCUT2D eigenvalue weighted by Gasteiger charge is -2.22. The van der Waals surface area contributed by atoms with Gasteiger partial charge in [-0.3, -0.25) is 4.79 Å². The van der Waals surface area contributed by atoms with Gasteiger partial charge in [-0.15, -0.1) is 0 Å². The first-order chi connectivity index (χ1) is 13.6. The van der Waals surface area contributed by atoms with Crippen LogP contribution in [0.4, 0.5) is 17.2 Å². The van der Waals surface area contributed by atoms with Gasteiger partial charge >= 0.3 is 5.97 Å². The molecule has 1 heterocycles. The van der Waals surface area contributed by atoms with E-state index in [1.807, 2.05) is 42.2 Å². The number of nitrogens with zero attached hydrogens (tertiary/aromatic N) is 3. The molecule has 1 N–H and O–H groups in total. The van der Waals surface area contributed by atoms with Gasteiger partial charge in [-0.2, -0.15) is 0 Å². The van der Waals surface area contributed by atoms with Crippen molar-refractivity contribution in [2.75, 3.05) is 23.9 Å². The molecule has 3 aromatic rings. The van der Waals surface area contributed by atoms with Gasteiger partial charge in [-0.05, 0) is 31.2 Å². The minimum atomic E-state index is -0.527. The van der Waals surface area contributed by atoms with Crippen molar-refractivity contribution in [3.63, 3.8) is 0 Å². The SMILES string of the molecule is CCN(c1ccccc1)c1cc(C(=O)Nc2ccccc2C(=O)OC)ncn1. The molecule has 0 bridgehead atoms. The zero-order valence-electron chi connectivity index (χ0n) is 15.6. The monoisotopic (exact) mass is 376 g/mol. The molecule has 1 amide bonds. The molecule has 7 nitrogen and oxygen atoms in total. The van der Waals surface area contributed by atoms with Gasteiger partial charge in [0.15, 0.2) is 0 Å². The smallest absolute Gasteiger partial charge is 0.339 e. The highest BCUT2D eigenvalue weighted by Crippen LogP contribution is 2.23. The average Bonchev–Trinajstić information content (AvgIpc) is 2.75. The van der Waals surface area contributed by atoms with Crippen molar-refractivity contribution in [2.24, 2.45) is 0 Å². The van der Waals surface area contributed by atoms with E-state index < -0.39 is 11.9 Å². The Bertz CT molecular complexity index is 976. The number of rotatable bonds is 6. The van der Waals surface area contributed by atoms with Gasteiger partial charge < -0.3 is 15.0 Å². The average molecular weight is 376 g/mol. The Balaban J connectivity index is 1.86. The van der Waals surface area contributed by atoms with Crippen LogP contribution in [0.5, 0.6) is 0 Å². The number of esters is 1. The van der Waals surface area contributed by atoms with Gasteiger partial charge in [0.25, 0.3) is 5.91 Å². The summed E-state index contributed by atoms with van der Waals surface area (Å²) in [5.74, 6) is -0.361. The molecule has 1 aromatic heterocycles. The molecule has 142 valence electrons. The van der Waals surface area contributed by atoms with Crippen molar-refractivity contribution >= 4 is 29.1 Å². The van der Waals surface area contributed by atoms with Crippen LogP contribution in [0, 0.1) is 0 Å². The van der Waals surface area contributed by atoms with Crippen molar-refractivity contribution in [3.8, 4) is 0 Å². The normalized spacial score (nSPS) is 10.2. The maximum absolute atomic E-state index is 12.7. The van der Waals surface area contributed by atoms with Crippen LogP contribution in [-0.4, -0.2) is 35.5 Å². The zero-order chi connectivity index (χ0) is 19.9. The second kappa shape index (κ2) is 8.77. The molecule has 3 rings (SSSR count). The summed E-state index contributed by atoms with van der Waals surface area (Å²) in [4.78, 5) is 34.9. The number of para-hydroxylation sites is 2. The number of hydrogen-bond acceptors (Lipinski definition) is 6. The highest BCUT2D eigenvalue weighted by molar-refractivity contribution is 6.07. The molecule has 0 unspecified atom stereocenters. The minimum absolute atomic E-state index is 0.194. The Morgan fingerprint density at radius 2 is 1.75 bits per heavy atom. The van der Waals surface area contributed by atoms with Crippen LogP contribution in [0.15, 0.2) is 67.0 Å². The van der Waals surface area contributed by atoms with Gasteiger partial charge in [0.1, 0.15) is 17.8 Å². The number of hydrogen-bond donors (Lipinski definition) is 1. The third-order valence-electron chi connectivity index (χ3n) is 4.13. The minimum Gasteiger partial charge on any atom is -0.465 e. The molecule has 0 atom stereocenters. The first-order valence-electron chi connectivity index (χ1n) is 8.77. The van der Waals surface area contributed by atoms with Gasteiger partial charge in [0, 0.05) is 18.3 Å². The van der Waals surface area contributed by atoms with E-state index in [-0.39, 0.29) is 11.3 Å². The Morgan fingerprint density at radius 3 is 2.46 bits per heavy atom. The molecule has 0 saturated heterocycles. The lowest BCUT2D eigenvalue weighted by molar-refractivity contribution is 0.0602. The standard InChI is InChI=1S/C21H20N4O3/c1-3-25(15-9-5-4-6-10-15)19-13-18(22-14-23-19)20(26)24-17-12-8-7-11-16(17)21(27)28-2/h4-14H,3H2,1-2H3,(H,24,26).